The highest BCUT2D eigenvalue weighted by Crippen LogP contribution is 2.21. The van der Waals surface area contributed by atoms with Crippen LogP contribution < -0.4 is 5.32 Å². The third kappa shape index (κ3) is 2.90. The Morgan fingerprint density at radius 3 is 2.65 bits per heavy atom. The average Bonchev–Trinajstić information content (AvgIpc) is 2.72. The molecule has 0 bridgehead atoms. The van der Waals surface area contributed by atoms with Gasteiger partial charge in [0.15, 0.2) is 0 Å². The minimum absolute atomic E-state index is 0.275. The van der Waals surface area contributed by atoms with Gasteiger partial charge >= 0.3 is 0 Å². The van der Waals surface area contributed by atoms with Crippen LogP contribution in [0, 0.1) is 20.8 Å². The summed E-state index contributed by atoms with van der Waals surface area (Å²) in [6.45, 7) is 12.3. The van der Waals surface area contributed by atoms with Gasteiger partial charge < -0.3 is 5.32 Å². The second-order valence-corrected chi connectivity index (χ2v) is 5.27. The summed E-state index contributed by atoms with van der Waals surface area (Å²) < 4.78 is 2.06. The summed E-state index contributed by atoms with van der Waals surface area (Å²) in [5, 5.41) is 8.14. The molecule has 0 radical (unpaired) electrons. The van der Waals surface area contributed by atoms with E-state index in [1.54, 1.807) is 0 Å². The standard InChI is InChI=1S/C16H24N4/c1-6-20-14(5)16(13(4)19-20)12(3)18-10-15-11(2)8-7-9-17-15/h7-9,12,18H,6,10H2,1-5H3. The van der Waals surface area contributed by atoms with Gasteiger partial charge in [-0.05, 0) is 46.2 Å². The van der Waals surface area contributed by atoms with Gasteiger partial charge in [0.1, 0.15) is 0 Å². The molecule has 1 atom stereocenters. The lowest BCUT2D eigenvalue weighted by Crippen LogP contribution is -2.20. The third-order valence-corrected chi connectivity index (χ3v) is 3.86. The fourth-order valence-corrected chi connectivity index (χ4v) is 2.70. The molecule has 0 fully saturated rings. The number of rotatable bonds is 5. The largest absolute Gasteiger partial charge is 0.304 e. The van der Waals surface area contributed by atoms with Crippen molar-refractivity contribution in [1.82, 2.24) is 20.1 Å². The predicted octanol–water partition coefficient (Wildman–Crippen LogP) is 3.07. The van der Waals surface area contributed by atoms with Gasteiger partial charge in [-0.15, -0.1) is 0 Å². The van der Waals surface area contributed by atoms with Crippen molar-refractivity contribution in [3.8, 4) is 0 Å². The molecular formula is C16H24N4. The van der Waals surface area contributed by atoms with Crippen LogP contribution in [0.5, 0.6) is 0 Å². The van der Waals surface area contributed by atoms with E-state index in [4.69, 9.17) is 0 Å². The van der Waals surface area contributed by atoms with Gasteiger partial charge in [-0.1, -0.05) is 6.07 Å². The molecular weight excluding hydrogens is 248 g/mol. The molecule has 2 aromatic rings. The molecule has 0 saturated heterocycles. The fraction of sp³-hybridized carbons (Fsp3) is 0.500. The Balaban J connectivity index is 2.11. The molecule has 0 amide bonds. The molecule has 108 valence electrons. The van der Waals surface area contributed by atoms with E-state index in [0.29, 0.717) is 0 Å². The first-order valence-electron chi connectivity index (χ1n) is 7.22. The summed E-state index contributed by atoms with van der Waals surface area (Å²) >= 11 is 0. The van der Waals surface area contributed by atoms with Crippen LogP contribution in [0.4, 0.5) is 0 Å². The van der Waals surface area contributed by atoms with Crippen molar-refractivity contribution in [1.29, 1.82) is 0 Å². The van der Waals surface area contributed by atoms with Crippen LogP contribution >= 0.6 is 0 Å². The number of hydrogen-bond donors (Lipinski definition) is 1. The van der Waals surface area contributed by atoms with Crippen molar-refractivity contribution >= 4 is 0 Å². The minimum Gasteiger partial charge on any atom is -0.304 e. The van der Waals surface area contributed by atoms with E-state index >= 15 is 0 Å². The second-order valence-electron chi connectivity index (χ2n) is 5.27. The maximum absolute atomic E-state index is 4.58. The van der Waals surface area contributed by atoms with Gasteiger partial charge in [0, 0.05) is 36.6 Å². The van der Waals surface area contributed by atoms with Gasteiger partial charge in [0.2, 0.25) is 0 Å². The molecule has 20 heavy (non-hydrogen) atoms. The Hall–Kier alpha value is -1.68. The van der Waals surface area contributed by atoms with Crippen LogP contribution in [-0.4, -0.2) is 14.8 Å². The van der Waals surface area contributed by atoms with Gasteiger partial charge in [-0.2, -0.15) is 5.10 Å². The Bertz CT molecular complexity index is 586. The molecule has 2 rings (SSSR count). The van der Waals surface area contributed by atoms with E-state index in [-0.39, 0.29) is 6.04 Å². The smallest absolute Gasteiger partial charge is 0.0644 e. The summed E-state index contributed by atoms with van der Waals surface area (Å²) in [4.78, 5) is 4.43. The highest BCUT2D eigenvalue weighted by Gasteiger charge is 2.16. The van der Waals surface area contributed by atoms with Gasteiger partial charge in [0.25, 0.3) is 0 Å². The summed E-state index contributed by atoms with van der Waals surface area (Å²) in [5.41, 5.74) is 6.01. The van der Waals surface area contributed by atoms with Crippen LogP contribution in [0.1, 0.15) is 48.1 Å². The van der Waals surface area contributed by atoms with Gasteiger partial charge in [0.05, 0.1) is 11.4 Å². The molecule has 0 aromatic carbocycles. The van der Waals surface area contributed by atoms with Gasteiger partial charge in [-0.25, -0.2) is 0 Å². The maximum atomic E-state index is 4.58. The Labute approximate surface area is 121 Å². The highest BCUT2D eigenvalue weighted by molar-refractivity contribution is 5.28. The Morgan fingerprint density at radius 2 is 2.05 bits per heavy atom. The Kier molecular flexibility index (Phi) is 4.55. The van der Waals surface area contributed by atoms with Gasteiger partial charge in [-0.3, -0.25) is 9.67 Å². The van der Waals surface area contributed by atoms with E-state index in [1.807, 2.05) is 12.3 Å². The topological polar surface area (TPSA) is 42.7 Å². The van der Waals surface area contributed by atoms with Crippen LogP contribution in [0.15, 0.2) is 18.3 Å². The van der Waals surface area contributed by atoms with E-state index in [1.165, 1.54) is 16.8 Å². The lowest BCUT2D eigenvalue weighted by Gasteiger charge is -2.15. The molecule has 0 aliphatic heterocycles. The van der Waals surface area contributed by atoms with E-state index in [9.17, 15) is 0 Å². The van der Waals surface area contributed by atoms with Crippen LogP contribution in [-0.2, 0) is 13.1 Å². The first-order chi connectivity index (χ1) is 9.54. The molecule has 4 heteroatoms. The SMILES string of the molecule is CCn1nc(C)c(C(C)NCc2ncccc2C)c1C. The minimum atomic E-state index is 0.275. The molecule has 2 aromatic heterocycles. The molecule has 0 spiro atoms. The maximum Gasteiger partial charge on any atom is 0.0644 e. The van der Waals surface area contributed by atoms with Crippen molar-refractivity contribution in [3.63, 3.8) is 0 Å². The quantitative estimate of drug-likeness (QED) is 0.909. The number of aryl methyl sites for hydroxylation is 3. The average molecular weight is 272 g/mol. The molecule has 1 unspecified atom stereocenters. The predicted molar refractivity (Wildman–Crippen MR) is 81.6 cm³/mol. The molecule has 0 aliphatic carbocycles. The van der Waals surface area contributed by atoms with Crippen molar-refractivity contribution in [2.45, 2.75) is 53.8 Å². The van der Waals surface area contributed by atoms with Crippen molar-refractivity contribution in [2.75, 3.05) is 0 Å². The summed E-state index contributed by atoms with van der Waals surface area (Å²) in [7, 11) is 0. The number of nitrogens with one attached hydrogen (secondary N) is 1. The number of pyridine rings is 1. The fourth-order valence-electron chi connectivity index (χ4n) is 2.70. The highest BCUT2D eigenvalue weighted by atomic mass is 15.3. The lowest BCUT2D eigenvalue weighted by atomic mass is 10.1. The van der Waals surface area contributed by atoms with Crippen molar-refractivity contribution in [3.05, 3.63) is 46.5 Å². The Morgan fingerprint density at radius 1 is 1.30 bits per heavy atom. The monoisotopic (exact) mass is 272 g/mol. The summed E-state index contributed by atoms with van der Waals surface area (Å²) in [6.07, 6.45) is 1.85. The van der Waals surface area contributed by atoms with E-state index in [0.717, 1.165) is 24.5 Å². The van der Waals surface area contributed by atoms with Crippen LogP contribution in [0.25, 0.3) is 0 Å². The molecule has 1 N–H and O–H groups in total. The molecule has 4 nitrogen and oxygen atoms in total. The zero-order valence-electron chi connectivity index (χ0n) is 13.1. The summed E-state index contributed by atoms with van der Waals surface area (Å²) in [6, 6.07) is 4.35. The second kappa shape index (κ2) is 6.18. The van der Waals surface area contributed by atoms with Crippen LogP contribution in [0.2, 0.25) is 0 Å². The molecule has 0 saturated carbocycles. The molecule has 0 aliphatic rings. The first kappa shape index (κ1) is 14.7. The number of aromatic nitrogens is 3. The number of nitrogens with zero attached hydrogens (tertiary/aromatic N) is 3. The number of hydrogen-bond acceptors (Lipinski definition) is 3. The zero-order chi connectivity index (χ0) is 14.7. The van der Waals surface area contributed by atoms with Crippen molar-refractivity contribution < 1.29 is 0 Å². The molecule has 2 heterocycles. The van der Waals surface area contributed by atoms with E-state index < -0.39 is 0 Å². The first-order valence-corrected chi connectivity index (χ1v) is 7.22. The normalized spacial score (nSPS) is 12.7. The third-order valence-electron chi connectivity index (χ3n) is 3.86. The summed E-state index contributed by atoms with van der Waals surface area (Å²) in [5.74, 6) is 0. The van der Waals surface area contributed by atoms with E-state index in [2.05, 4.69) is 60.8 Å². The van der Waals surface area contributed by atoms with Crippen LogP contribution in [0.3, 0.4) is 0 Å². The lowest BCUT2D eigenvalue weighted by molar-refractivity contribution is 0.558. The zero-order valence-corrected chi connectivity index (χ0v) is 13.1. The van der Waals surface area contributed by atoms with Crippen molar-refractivity contribution in [2.24, 2.45) is 0 Å².